The highest BCUT2D eigenvalue weighted by molar-refractivity contribution is 5.66. The molecule has 0 unspecified atom stereocenters. The Balaban J connectivity index is 0.000000279. The molecular formula is C22H32N2O3. The summed E-state index contributed by atoms with van der Waals surface area (Å²) in [6, 6.07) is 14.5. The van der Waals surface area contributed by atoms with Gasteiger partial charge in [-0.25, -0.2) is 0 Å². The normalized spacial score (nSPS) is 9.96. The molecule has 148 valence electrons. The summed E-state index contributed by atoms with van der Waals surface area (Å²) in [5.41, 5.74) is 12.6. The Morgan fingerprint density at radius 3 is 1.59 bits per heavy atom. The van der Waals surface area contributed by atoms with Crippen molar-refractivity contribution in [3.8, 4) is 11.5 Å². The summed E-state index contributed by atoms with van der Waals surface area (Å²) in [4.78, 5) is 10.1. The van der Waals surface area contributed by atoms with Gasteiger partial charge in [-0.15, -0.1) is 0 Å². The summed E-state index contributed by atoms with van der Waals surface area (Å²) in [6.45, 7) is 2.20. The Morgan fingerprint density at radius 2 is 1.19 bits per heavy atom. The van der Waals surface area contributed by atoms with E-state index in [-0.39, 0.29) is 0 Å². The number of benzene rings is 2. The Bertz CT molecular complexity index is 596. The molecule has 0 heterocycles. The number of rotatable bonds is 10. The van der Waals surface area contributed by atoms with Crippen molar-refractivity contribution in [1.29, 1.82) is 0 Å². The van der Waals surface area contributed by atoms with E-state index < -0.39 is 5.97 Å². The molecular weight excluding hydrogens is 340 g/mol. The van der Waals surface area contributed by atoms with Crippen LogP contribution in [0.1, 0.15) is 58.3 Å². The molecule has 0 radical (unpaired) electrons. The molecule has 0 atom stereocenters. The molecule has 0 spiro atoms. The van der Waals surface area contributed by atoms with Crippen molar-refractivity contribution in [3.05, 3.63) is 48.5 Å². The molecule has 2 aromatic rings. The molecule has 0 saturated heterocycles. The highest BCUT2D eigenvalue weighted by Crippen LogP contribution is 2.22. The molecule has 5 heteroatoms. The van der Waals surface area contributed by atoms with Gasteiger partial charge < -0.3 is 21.3 Å². The van der Waals surface area contributed by atoms with E-state index in [1.165, 1.54) is 32.1 Å². The third kappa shape index (κ3) is 11.5. The zero-order chi connectivity index (χ0) is 19.9. The number of ether oxygens (including phenoxy) is 1. The third-order valence-corrected chi connectivity index (χ3v) is 3.99. The number of aliphatic carboxylic acids is 1. The second-order valence-electron chi connectivity index (χ2n) is 6.51. The molecule has 0 saturated carbocycles. The average Bonchev–Trinajstić information content (AvgIpc) is 2.65. The minimum Gasteiger partial charge on any atom is -0.481 e. The Kier molecular flexibility index (Phi) is 11.2. The van der Waals surface area contributed by atoms with Gasteiger partial charge in [-0.1, -0.05) is 45.4 Å². The van der Waals surface area contributed by atoms with Gasteiger partial charge in [0.1, 0.15) is 11.5 Å². The lowest BCUT2D eigenvalue weighted by Gasteiger charge is -2.05. The molecule has 2 aromatic carbocycles. The van der Waals surface area contributed by atoms with Gasteiger partial charge >= 0.3 is 5.97 Å². The minimum atomic E-state index is -0.663. The van der Waals surface area contributed by atoms with Gasteiger partial charge in [0.2, 0.25) is 0 Å². The van der Waals surface area contributed by atoms with Crippen LogP contribution in [-0.2, 0) is 4.79 Å². The van der Waals surface area contributed by atoms with Crippen molar-refractivity contribution in [1.82, 2.24) is 0 Å². The number of carbonyl (C=O) groups is 1. The van der Waals surface area contributed by atoms with Gasteiger partial charge in [0.15, 0.2) is 0 Å². The van der Waals surface area contributed by atoms with E-state index in [1.54, 1.807) is 24.3 Å². The standard InChI is InChI=1S/C12H12N2O.C10H20O2/c13-9-1-5-11(6-2-9)15-12-7-3-10(14)4-8-12;1-2-3-4-5-6-7-8-9-10(11)12/h1-8H,13-14H2;2-9H2,1H3,(H,11,12). The third-order valence-electron chi connectivity index (χ3n) is 3.99. The topological polar surface area (TPSA) is 98.6 Å². The SMILES string of the molecule is CCCCCCCCCC(=O)O.Nc1ccc(Oc2ccc(N)cc2)cc1. The highest BCUT2D eigenvalue weighted by atomic mass is 16.5. The Hall–Kier alpha value is -2.69. The van der Waals surface area contributed by atoms with E-state index >= 15 is 0 Å². The predicted octanol–water partition coefficient (Wildman–Crippen LogP) is 5.86. The maximum Gasteiger partial charge on any atom is 0.303 e. The number of carboxylic acids is 1. The smallest absolute Gasteiger partial charge is 0.303 e. The summed E-state index contributed by atoms with van der Waals surface area (Å²) in [5, 5.41) is 8.35. The van der Waals surface area contributed by atoms with Crippen LogP contribution in [0.2, 0.25) is 0 Å². The van der Waals surface area contributed by atoms with Crippen LogP contribution in [0.4, 0.5) is 11.4 Å². The number of anilines is 2. The molecule has 0 bridgehead atoms. The summed E-state index contributed by atoms with van der Waals surface area (Å²) in [6.07, 6.45) is 8.64. The number of unbranched alkanes of at least 4 members (excludes halogenated alkanes) is 6. The second-order valence-corrected chi connectivity index (χ2v) is 6.51. The summed E-state index contributed by atoms with van der Waals surface area (Å²) < 4.78 is 5.58. The summed E-state index contributed by atoms with van der Waals surface area (Å²) in [5.74, 6) is 0.853. The molecule has 5 nitrogen and oxygen atoms in total. The van der Waals surface area contributed by atoms with Crippen molar-refractivity contribution < 1.29 is 14.6 Å². The van der Waals surface area contributed by atoms with Gasteiger partial charge in [0.25, 0.3) is 0 Å². The van der Waals surface area contributed by atoms with Crippen LogP contribution < -0.4 is 16.2 Å². The van der Waals surface area contributed by atoms with E-state index in [2.05, 4.69) is 6.92 Å². The Morgan fingerprint density at radius 1 is 0.778 bits per heavy atom. The van der Waals surface area contributed by atoms with Crippen LogP contribution in [0.3, 0.4) is 0 Å². The van der Waals surface area contributed by atoms with Crippen LogP contribution in [0.25, 0.3) is 0 Å². The number of hydrogen-bond acceptors (Lipinski definition) is 4. The number of nitrogen functional groups attached to an aromatic ring is 2. The monoisotopic (exact) mass is 372 g/mol. The van der Waals surface area contributed by atoms with Gasteiger partial charge in [-0.2, -0.15) is 0 Å². The van der Waals surface area contributed by atoms with Crippen LogP contribution in [0.15, 0.2) is 48.5 Å². The van der Waals surface area contributed by atoms with E-state index in [9.17, 15) is 4.79 Å². The van der Waals surface area contributed by atoms with Gasteiger partial charge in [-0.05, 0) is 55.0 Å². The first-order valence-electron chi connectivity index (χ1n) is 9.62. The molecule has 0 fully saturated rings. The van der Waals surface area contributed by atoms with Gasteiger partial charge in [0, 0.05) is 17.8 Å². The summed E-state index contributed by atoms with van der Waals surface area (Å²) >= 11 is 0. The van der Waals surface area contributed by atoms with Crippen LogP contribution in [-0.4, -0.2) is 11.1 Å². The minimum absolute atomic E-state index is 0.341. The number of nitrogens with two attached hydrogens (primary N) is 2. The average molecular weight is 373 g/mol. The molecule has 2 rings (SSSR count). The van der Waals surface area contributed by atoms with E-state index in [1.807, 2.05) is 24.3 Å². The van der Waals surface area contributed by atoms with Crippen molar-refractivity contribution in [2.45, 2.75) is 58.3 Å². The highest BCUT2D eigenvalue weighted by Gasteiger charge is 1.97. The fourth-order valence-corrected chi connectivity index (χ4v) is 2.44. The fraction of sp³-hybridized carbons (Fsp3) is 0.409. The van der Waals surface area contributed by atoms with Crippen LogP contribution >= 0.6 is 0 Å². The maximum absolute atomic E-state index is 10.1. The number of carboxylic acid groups (broad SMARTS) is 1. The van der Waals surface area contributed by atoms with E-state index in [0.29, 0.717) is 6.42 Å². The number of hydrogen-bond donors (Lipinski definition) is 3. The van der Waals surface area contributed by atoms with Crippen LogP contribution in [0, 0.1) is 0 Å². The first kappa shape index (κ1) is 22.4. The van der Waals surface area contributed by atoms with E-state index in [0.717, 1.165) is 35.7 Å². The van der Waals surface area contributed by atoms with Crippen LogP contribution in [0.5, 0.6) is 11.5 Å². The van der Waals surface area contributed by atoms with Gasteiger partial charge in [-0.3, -0.25) is 4.79 Å². The molecule has 0 amide bonds. The van der Waals surface area contributed by atoms with Gasteiger partial charge in [0.05, 0.1) is 0 Å². The molecule has 0 aliphatic heterocycles. The Labute approximate surface area is 162 Å². The second kappa shape index (κ2) is 13.5. The maximum atomic E-state index is 10.1. The lowest BCUT2D eigenvalue weighted by atomic mass is 10.1. The molecule has 27 heavy (non-hydrogen) atoms. The molecule has 0 aliphatic rings. The van der Waals surface area contributed by atoms with Crippen molar-refractivity contribution in [3.63, 3.8) is 0 Å². The zero-order valence-electron chi connectivity index (χ0n) is 16.2. The molecule has 5 N–H and O–H groups in total. The van der Waals surface area contributed by atoms with Crippen molar-refractivity contribution in [2.75, 3.05) is 11.5 Å². The van der Waals surface area contributed by atoms with Crippen molar-refractivity contribution >= 4 is 17.3 Å². The molecule has 0 aromatic heterocycles. The largest absolute Gasteiger partial charge is 0.481 e. The van der Waals surface area contributed by atoms with Crippen molar-refractivity contribution in [2.24, 2.45) is 0 Å². The fourth-order valence-electron chi connectivity index (χ4n) is 2.44. The lowest BCUT2D eigenvalue weighted by Crippen LogP contribution is -1.93. The first-order valence-corrected chi connectivity index (χ1v) is 9.62. The molecule has 0 aliphatic carbocycles. The first-order chi connectivity index (χ1) is 13.0. The lowest BCUT2D eigenvalue weighted by molar-refractivity contribution is -0.137. The predicted molar refractivity (Wildman–Crippen MR) is 112 cm³/mol. The zero-order valence-corrected chi connectivity index (χ0v) is 16.2. The van der Waals surface area contributed by atoms with E-state index in [4.69, 9.17) is 21.3 Å². The summed E-state index contributed by atoms with van der Waals surface area (Å²) in [7, 11) is 0. The quantitative estimate of drug-likeness (QED) is 0.358.